The molecule has 1 atom stereocenters. The summed E-state index contributed by atoms with van der Waals surface area (Å²) in [5.74, 6) is 1.18. The van der Waals surface area contributed by atoms with Crippen LogP contribution in [-0.2, 0) is 14.6 Å². The van der Waals surface area contributed by atoms with Gasteiger partial charge in [0.15, 0.2) is 9.84 Å². The maximum absolute atomic E-state index is 11.8. The minimum atomic E-state index is -2.77. The fourth-order valence-electron chi connectivity index (χ4n) is 3.77. The highest BCUT2D eigenvalue weighted by atomic mass is 32.2. The number of sulfone groups is 1. The molecule has 2 fully saturated rings. The van der Waals surface area contributed by atoms with Crippen LogP contribution in [0.4, 0.5) is 0 Å². The predicted octanol–water partition coefficient (Wildman–Crippen LogP) is 1.61. The van der Waals surface area contributed by atoms with Crippen LogP contribution in [0.3, 0.4) is 0 Å². The molecule has 1 unspecified atom stereocenters. The van der Waals surface area contributed by atoms with E-state index in [4.69, 9.17) is 4.74 Å². The Hall–Kier alpha value is -0.130. The van der Waals surface area contributed by atoms with E-state index >= 15 is 0 Å². The normalized spacial score (nSPS) is 29.4. The Kier molecular flexibility index (Phi) is 5.26. The second-order valence-electron chi connectivity index (χ2n) is 6.19. The highest BCUT2D eigenvalue weighted by Crippen LogP contribution is 2.46. The molecule has 2 aliphatic rings. The number of hydrogen-bond donors (Lipinski definition) is 1. The van der Waals surface area contributed by atoms with E-state index in [1.165, 1.54) is 32.1 Å². The van der Waals surface area contributed by atoms with Crippen molar-refractivity contribution >= 4 is 9.84 Å². The average molecular weight is 289 g/mol. The summed E-state index contributed by atoms with van der Waals surface area (Å²) in [5.41, 5.74) is 0.218. The van der Waals surface area contributed by atoms with Gasteiger partial charge in [0.1, 0.15) is 0 Å². The lowest BCUT2D eigenvalue weighted by Gasteiger charge is -2.42. The van der Waals surface area contributed by atoms with Crippen LogP contribution in [0.5, 0.6) is 0 Å². The summed E-state index contributed by atoms with van der Waals surface area (Å²) in [6, 6.07) is 0. The first-order chi connectivity index (χ1) is 9.08. The van der Waals surface area contributed by atoms with Gasteiger partial charge in [-0.15, -0.1) is 0 Å². The second kappa shape index (κ2) is 6.55. The molecule has 19 heavy (non-hydrogen) atoms. The van der Waals surface area contributed by atoms with Gasteiger partial charge in [-0.05, 0) is 30.6 Å². The fraction of sp³-hybridized carbons (Fsp3) is 1.00. The largest absolute Gasteiger partial charge is 0.383 e. The summed E-state index contributed by atoms with van der Waals surface area (Å²) in [6.07, 6.45) is 7.05. The summed E-state index contributed by atoms with van der Waals surface area (Å²) in [6.45, 7) is 2.54. The predicted molar refractivity (Wildman–Crippen MR) is 77.0 cm³/mol. The fourth-order valence-corrected chi connectivity index (χ4v) is 5.72. The summed E-state index contributed by atoms with van der Waals surface area (Å²) in [4.78, 5) is 0. The third-order valence-corrected chi connectivity index (χ3v) is 6.68. The van der Waals surface area contributed by atoms with Crippen molar-refractivity contribution < 1.29 is 13.2 Å². The van der Waals surface area contributed by atoms with Crippen LogP contribution >= 0.6 is 0 Å². The minimum Gasteiger partial charge on any atom is -0.383 e. The van der Waals surface area contributed by atoms with E-state index in [2.05, 4.69) is 5.32 Å². The van der Waals surface area contributed by atoms with Crippen LogP contribution in [0.1, 0.15) is 38.5 Å². The van der Waals surface area contributed by atoms with E-state index in [1.807, 2.05) is 0 Å². The molecule has 0 aromatic rings. The lowest BCUT2D eigenvalue weighted by Crippen LogP contribution is -2.43. The molecule has 1 N–H and O–H groups in total. The van der Waals surface area contributed by atoms with Crippen LogP contribution in [-0.4, -0.2) is 46.7 Å². The smallest absolute Gasteiger partial charge is 0.150 e. The molecule has 112 valence electrons. The molecule has 4 nitrogen and oxygen atoms in total. The Morgan fingerprint density at radius 2 is 2.00 bits per heavy atom. The molecule has 0 amide bonds. The van der Waals surface area contributed by atoms with Gasteiger partial charge >= 0.3 is 0 Å². The molecule has 1 heterocycles. The van der Waals surface area contributed by atoms with Gasteiger partial charge in [0.05, 0.1) is 18.1 Å². The molecule has 1 saturated carbocycles. The van der Waals surface area contributed by atoms with Crippen LogP contribution in [0.25, 0.3) is 0 Å². The van der Waals surface area contributed by atoms with E-state index in [0.717, 1.165) is 26.1 Å². The number of rotatable bonds is 6. The highest BCUT2D eigenvalue weighted by molar-refractivity contribution is 7.91. The Bertz CT molecular complexity index is 374. The number of nitrogens with one attached hydrogen (secondary N) is 1. The lowest BCUT2D eigenvalue weighted by molar-refractivity contribution is 0.103. The van der Waals surface area contributed by atoms with Crippen LogP contribution in [0, 0.1) is 11.3 Å². The van der Waals surface area contributed by atoms with Crippen LogP contribution in [0.15, 0.2) is 0 Å². The first-order valence-corrected chi connectivity index (χ1v) is 9.30. The molecule has 0 bridgehead atoms. The van der Waals surface area contributed by atoms with Crippen molar-refractivity contribution in [1.29, 1.82) is 0 Å². The summed E-state index contributed by atoms with van der Waals surface area (Å²) >= 11 is 0. The van der Waals surface area contributed by atoms with Gasteiger partial charge in [-0.3, -0.25) is 0 Å². The van der Waals surface area contributed by atoms with E-state index in [9.17, 15) is 8.42 Å². The van der Waals surface area contributed by atoms with E-state index < -0.39 is 9.84 Å². The molecule has 1 aliphatic heterocycles. The maximum Gasteiger partial charge on any atom is 0.150 e. The maximum atomic E-state index is 11.8. The van der Waals surface area contributed by atoms with E-state index in [1.54, 1.807) is 7.11 Å². The Labute approximate surface area is 117 Å². The zero-order valence-electron chi connectivity index (χ0n) is 12.0. The molecule has 1 aliphatic carbocycles. The monoisotopic (exact) mass is 289 g/mol. The molecular weight excluding hydrogens is 262 g/mol. The van der Waals surface area contributed by atoms with Gasteiger partial charge in [0.2, 0.25) is 0 Å². The molecule has 0 aromatic carbocycles. The van der Waals surface area contributed by atoms with Gasteiger partial charge in [-0.1, -0.05) is 19.3 Å². The molecular formula is C14H27NO3S. The van der Waals surface area contributed by atoms with Crippen molar-refractivity contribution in [3.8, 4) is 0 Å². The molecule has 2 rings (SSSR count). The third kappa shape index (κ3) is 3.92. The van der Waals surface area contributed by atoms with Crippen molar-refractivity contribution in [1.82, 2.24) is 5.32 Å². The molecule has 1 saturated heterocycles. The molecule has 5 heteroatoms. The van der Waals surface area contributed by atoms with Crippen LogP contribution < -0.4 is 5.32 Å². The zero-order chi connectivity index (χ0) is 13.8. The molecule has 0 aromatic heterocycles. The Morgan fingerprint density at radius 3 is 2.58 bits per heavy atom. The Balaban J connectivity index is 1.98. The molecule has 0 spiro atoms. The molecule has 0 radical (unpaired) electrons. The quantitative estimate of drug-likeness (QED) is 0.755. The first-order valence-electron chi connectivity index (χ1n) is 7.48. The van der Waals surface area contributed by atoms with Crippen molar-refractivity contribution in [2.75, 3.05) is 38.3 Å². The highest BCUT2D eigenvalue weighted by Gasteiger charge is 2.44. The average Bonchev–Trinajstić information content (AvgIpc) is 2.77. The van der Waals surface area contributed by atoms with Crippen molar-refractivity contribution in [3.63, 3.8) is 0 Å². The second-order valence-corrected chi connectivity index (χ2v) is 8.42. The van der Waals surface area contributed by atoms with Crippen molar-refractivity contribution in [3.05, 3.63) is 0 Å². The van der Waals surface area contributed by atoms with Crippen molar-refractivity contribution in [2.24, 2.45) is 11.3 Å². The summed E-state index contributed by atoms with van der Waals surface area (Å²) < 4.78 is 28.6. The van der Waals surface area contributed by atoms with Crippen LogP contribution in [0.2, 0.25) is 0 Å². The van der Waals surface area contributed by atoms with E-state index in [0.29, 0.717) is 17.4 Å². The zero-order valence-corrected chi connectivity index (χ0v) is 12.8. The minimum absolute atomic E-state index is 0.218. The first kappa shape index (κ1) is 15.3. The SMILES string of the molecule is COCCNCC1(C2CCS(=O)(=O)C2)CCCCC1. The van der Waals surface area contributed by atoms with Gasteiger partial charge in [0.25, 0.3) is 0 Å². The van der Waals surface area contributed by atoms with E-state index in [-0.39, 0.29) is 5.41 Å². The number of methoxy groups -OCH3 is 1. The third-order valence-electron chi connectivity index (χ3n) is 4.91. The van der Waals surface area contributed by atoms with Gasteiger partial charge < -0.3 is 10.1 Å². The van der Waals surface area contributed by atoms with Gasteiger partial charge in [-0.25, -0.2) is 8.42 Å². The topological polar surface area (TPSA) is 55.4 Å². The van der Waals surface area contributed by atoms with Gasteiger partial charge in [-0.2, -0.15) is 0 Å². The van der Waals surface area contributed by atoms with Gasteiger partial charge in [0, 0.05) is 20.2 Å². The lowest BCUT2D eigenvalue weighted by atomic mass is 9.65. The number of hydrogen-bond acceptors (Lipinski definition) is 4. The Morgan fingerprint density at radius 1 is 1.26 bits per heavy atom. The van der Waals surface area contributed by atoms with Crippen molar-refractivity contribution in [2.45, 2.75) is 38.5 Å². The summed E-state index contributed by atoms with van der Waals surface area (Å²) in [7, 11) is -1.06. The summed E-state index contributed by atoms with van der Waals surface area (Å²) in [5, 5.41) is 3.48. The standard InChI is InChI=1S/C14H27NO3S/c1-18-9-8-15-12-14(6-3-2-4-7-14)13-5-10-19(16,17)11-13/h13,15H,2-12H2,1H3. The number of ether oxygens (including phenoxy) is 1.